The molecular weight excluding hydrogens is 727 g/mol. The second-order valence-corrected chi connectivity index (χ2v) is 14.5. The van der Waals surface area contributed by atoms with E-state index in [4.69, 9.17) is 0 Å². The van der Waals surface area contributed by atoms with Crippen LogP contribution in [0.3, 0.4) is 0 Å². The standard InChI is InChI=1S/4C5H11.4Sb/c4*1-5(2,3)4;;;;/h4*1H2,2-4H3;;;;. The molecule has 24 heavy (non-hydrogen) atoms. The molecule has 0 amide bonds. The van der Waals surface area contributed by atoms with Crippen LogP contribution in [0.25, 0.3) is 0 Å². The molecule has 0 N–H and O–H groups in total. The number of hydrogen-bond acceptors (Lipinski definition) is 0. The van der Waals surface area contributed by atoms with Gasteiger partial charge in [-0.15, -0.1) is 0 Å². The fraction of sp³-hybridized carbons (Fsp3) is 1.00. The van der Waals surface area contributed by atoms with E-state index in [2.05, 4.69) is 83.1 Å². The molecule has 0 atom stereocenters. The molecule has 0 heterocycles. The first-order valence-electron chi connectivity index (χ1n) is 8.68. The topological polar surface area (TPSA) is 0 Å². The fourth-order valence-corrected chi connectivity index (χ4v) is 0. The molecule has 8 radical (unpaired) electrons. The minimum absolute atomic E-state index is 0.564. The van der Waals surface area contributed by atoms with E-state index in [1.165, 1.54) is 17.5 Å². The maximum atomic E-state index is 2.26. The van der Waals surface area contributed by atoms with Gasteiger partial charge in [0, 0.05) is 0 Å². The van der Waals surface area contributed by atoms with Crippen LogP contribution in [0.1, 0.15) is 83.1 Å². The van der Waals surface area contributed by atoms with Crippen LogP contribution in [0.4, 0.5) is 0 Å². The molecule has 144 valence electrons. The summed E-state index contributed by atoms with van der Waals surface area (Å²) in [6.07, 6.45) is 0. The van der Waals surface area contributed by atoms with Gasteiger partial charge in [-0.25, -0.2) is 0 Å². The summed E-state index contributed by atoms with van der Waals surface area (Å²) in [5, 5.41) is 0. The third-order valence-electron chi connectivity index (χ3n) is 1.90. The molecule has 0 aliphatic rings. The average Bonchev–Trinajstić information content (AvgIpc) is 2.37. The van der Waals surface area contributed by atoms with Gasteiger partial charge in [-0.2, -0.15) is 0 Å². The van der Waals surface area contributed by atoms with E-state index in [1.54, 1.807) is 0 Å². The first-order valence-corrected chi connectivity index (χ1v) is 15.9. The zero-order valence-corrected chi connectivity index (χ0v) is 28.8. The average molecular weight is 772 g/mol. The van der Waals surface area contributed by atoms with Gasteiger partial charge in [-0.3, -0.25) is 0 Å². The van der Waals surface area contributed by atoms with Crippen LogP contribution >= 0.6 is 0 Å². The third-order valence-corrected chi connectivity index (χ3v) is 12.7. The van der Waals surface area contributed by atoms with Gasteiger partial charge in [0.2, 0.25) is 0 Å². The fourth-order valence-electron chi connectivity index (χ4n) is 0. The van der Waals surface area contributed by atoms with E-state index >= 15 is 0 Å². The van der Waals surface area contributed by atoms with Crippen LogP contribution in [-0.2, 0) is 0 Å². The molecular formula is C20H44Sb4. The van der Waals surface area contributed by atoms with Gasteiger partial charge in [0.1, 0.15) is 0 Å². The zero-order valence-electron chi connectivity index (χ0n) is 18.6. The Hall–Kier alpha value is 3.27. The Labute approximate surface area is 211 Å². The van der Waals surface area contributed by atoms with E-state index in [9.17, 15) is 0 Å². The quantitative estimate of drug-likeness (QED) is 0.248. The molecule has 0 rings (SSSR count). The van der Waals surface area contributed by atoms with Gasteiger partial charge in [-0.05, 0) is 0 Å². The molecule has 0 aliphatic heterocycles. The summed E-state index contributed by atoms with van der Waals surface area (Å²) in [6, 6.07) is 0. The maximum absolute atomic E-state index is 2.26. The molecule has 0 aromatic rings. The van der Waals surface area contributed by atoms with E-state index in [1.807, 2.05) is 92.1 Å². The summed E-state index contributed by atoms with van der Waals surface area (Å²) < 4.78 is 5.28. The first kappa shape index (κ1) is 34.8. The van der Waals surface area contributed by atoms with Crippen molar-refractivity contribution in [2.75, 3.05) is 0 Å². The van der Waals surface area contributed by atoms with E-state index < -0.39 is 0 Å². The van der Waals surface area contributed by atoms with Crippen LogP contribution in [0.2, 0.25) is 17.5 Å². The Morgan fingerprint density at radius 3 is 0.375 bits per heavy atom. The summed E-state index contributed by atoms with van der Waals surface area (Å²) in [5.74, 6) is 0. The Kier molecular flexibility index (Phi) is 24.8. The Morgan fingerprint density at radius 1 is 0.333 bits per heavy atom. The van der Waals surface area contributed by atoms with Crippen LogP contribution in [0.15, 0.2) is 0 Å². The van der Waals surface area contributed by atoms with Crippen molar-refractivity contribution < 1.29 is 0 Å². The molecule has 0 spiro atoms. The van der Waals surface area contributed by atoms with Crippen LogP contribution in [0.5, 0.6) is 0 Å². The van der Waals surface area contributed by atoms with Crippen molar-refractivity contribution in [3.05, 3.63) is 0 Å². The van der Waals surface area contributed by atoms with Gasteiger partial charge in [-0.1, -0.05) is 0 Å². The zero-order chi connectivity index (χ0) is 20.8. The third kappa shape index (κ3) is 63.8. The van der Waals surface area contributed by atoms with Crippen molar-refractivity contribution >= 4 is 92.1 Å². The number of hydrogen-bond donors (Lipinski definition) is 0. The van der Waals surface area contributed by atoms with Gasteiger partial charge in [0.05, 0.1) is 0 Å². The molecule has 0 aromatic carbocycles. The summed E-state index contributed by atoms with van der Waals surface area (Å²) in [6.45, 7) is 27.1. The molecule has 0 aliphatic carbocycles. The predicted octanol–water partition coefficient (Wildman–Crippen LogP) is 6.48. The van der Waals surface area contributed by atoms with Crippen molar-refractivity contribution in [1.82, 2.24) is 0 Å². The Balaban J connectivity index is -0.000000111. The van der Waals surface area contributed by atoms with Crippen molar-refractivity contribution in [3.8, 4) is 0 Å². The van der Waals surface area contributed by atoms with Crippen molar-refractivity contribution in [3.63, 3.8) is 0 Å². The molecule has 0 unspecified atom stereocenters. The second-order valence-electron chi connectivity index (χ2n) is 10.9. The Morgan fingerprint density at radius 2 is 0.375 bits per heavy atom. The van der Waals surface area contributed by atoms with Gasteiger partial charge in [0.25, 0.3) is 0 Å². The molecule has 0 saturated heterocycles. The molecule has 0 saturated carbocycles. The van der Waals surface area contributed by atoms with E-state index in [-0.39, 0.29) is 0 Å². The minimum atomic E-state index is 0.564. The van der Waals surface area contributed by atoms with Crippen molar-refractivity contribution in [2.24, 2.45) is 21.7 Å². The summed E-state index contributed by atoms with van der Waals surface area (Å²) >= 11 is 7.59. The summed E-state index contributed by atoms with van der Waals surface area (Å²) in [5.41, 5.74) is 2.26. The summed E-state index contributed by atoms with van der Waals surface area (Å²) in [7, 11) is 0. The van der Waals surface area contributed by atoms with Crippen LogP contribution in [-0.4, -0.2) is 92.1 Å². The predicted molar refractivity (Wildman–Crippen MR) is 120 cm³/mol. The molecule has 0 bridgehead atoms. The van der Waals surface area contributed by atoms with E-state index in [0.29, 0.717) is 21.7 Å². The number of rotatable bonds is 0. The van der Waals surface area contributed by atoms with Gasteiger partial charge in [0.15, 0.2) is 0 Å². The normalized spacial score (nSPS) is 12.0. The Bertz CT molecular complexity index is 191. The molecule has 4 heteroatoms. The summed E-state index contributed by atoms with van der Waals surface area (Å²) in [4.78, 5) is 0. The van der Waals surface area contributed by atoms with Gasteiger partial charge < -0.3 is 0 Å². The van der Waals surface area contributed by atoms with Crippen LogP contribution in [0, 0.1) is 21.7 Å². The molecule has 0 nitrogen and oxygen atoms in total. The molecule has 0 aromatic heterocycles. The van der Waals surface area contributed by atoms with Crippen molar-refractivity contribution in [2.45, 2.75) is 101 Å². The van der Waals surface area contributed by atoms with Crippen LogP contribution < -0.4 is 0 Å². The van der Waals surface area contributed by atoms with Gasteiger partial charge >= 0.3 is 214 Å². The van der Waals surface area contributed by atoms with Crippen molar-refractivity contribution in [1.29, 1.82) is 0 Å². The monoisotopic (exact) mass is 768 g/mol. The first-order chi connectivity index (χ1) is 10.2. The SMILES string of the molecule is CC(C)(C)[CH2][Sb].CC(C)(C)[CH2][Sb].CC(C)(C)[CH2][Sb].CC(C)(C)[CH2][Sb]. The molecule has 0 fully saturated rings. The second kappa shape index (κ2) is 17.2. The van der Waals surface area contributed by atoms with E-state index in [0.717, 1.165) is 0 Å².